The van der Waals surface area contributed by atoms with Crippen LogP contribution in [-0.2, 0) is 22.2 Å². The third-order valence-corrected chi connectivity index (χ3v) is 10.7. The van der Waals surface area contributed by atoms with Crippen LogP contribution in [0.1, 0.15) is 20.3 Å². The largest absolute Gasteiger partial charge is 0.479 e. The Morgan fingerprint density at radius 1 is 1.29 bits per heavy atom. The Morgan fingerprint density at radius 3 is 2.33 bits per heavy atom. The second-order valence-electron chi connectivity index (χ2n) is 5.78. The molecule has 0 radical (unpaired) electrons. The van der Waals surface area contributed by atoms with E-state index in [1.165, 1.54) is 0 Å². The van der Waals surface area contributed by atoms with Crippen LogP contribution in [-0.4, -0.2) is 46.1 Å². The van der Waals surface area contributed by atoms with Crippen LogP contribution in [0.3, 0.4) is 0 Å². The van der Waals surface area contributed by atoms with E-state index in [9.17, 15) is 4.79 Å². The van der Waals surface area contributed by atoms with Crippen LogP contribution in [0.5, 0.6) is 0 Å². The van der Waals surface area contributed by atoms with Gasteiger partial charge in [-0.05, 0) is 39.9 Å². The summed E-state index contributed by atoms with van der Waals surface area (Å²) in [5.74, 6) is -0.351. The second-order valence-corrected chi connectivity index (χ2v) is 14.7. The molecular weight excluding hydrogens is 320 g/mol. The van der Waals surface area contributed by atoms with Crippen molar-refractivity contribution in [2.24, 2.45) is 0 Å². The number of hydrogen-bond acceptors (Lipinski definition) is 5. The van der Waals surface area contributed by atoms with Crippen LogP contribution in [0.2, 0.25) is 32.2 Å². The molecule has 0 aromatic carbocycles. The van der Waals surface area contributed by atoms with Crippen molar-refractivity contribution in [3.63, 3.8) is 0 Å². The first kappa shape index (κ1) is 20.7. The fourth-order valence-electron chi connectivity index (χ4n) is 1.78. The highest BCUT2D eigenvalue weighted by Gasteiger charge is 2.43. The molecule has 0 amide bonds. The van der Waals surface area contributed by atoms with Crippen LogP contribution in [0.15, 0.2) is 12.2 Å². The van der Waals surface area contributed by atoms with Gasteiger partial charge in [-0.1, -0.05) is 13.1 Å². The minimum absolute atomic E-state index is 0.344. The van der Waals surface area contributed by atoms with Crippen molar-refractivity contribution in [3.8, 4) is 0 Å². The average Bonchev–Trinajstić information content (AvgIpc) is 2.32. The van der Waals surface area contributed by atoms with Crippen LogP contribution in [0.4, 0.5) is 0 Å². The molecule has 124 valence electrons. The first-order chi connectivity index (χ1) is 9.66. The zero-order chi connectivity index (χ0) is 16.5. The molecule has 1 atom stereocenters. The number of hydrogen-bond donors (Lipinski definition) is 0. The predicted molar refractivity (Wildman–Crippen MR) is 92.5 cm³/mol. The van der Waals surface area contributed by atoms with E-state index in [0.29, 0.717) is 31.3 Å². The molecule has 0 aliphatic carbocycles. The topological polar surface area (TPSA) is 54.0 Å². The summed E-state index contributed by atoms with van der Waals surface area (Å²) < 4.78 is 23.3. The predicted octanol–water partition coefficient (Wildman–Crippen LogP) is 2.47. The summed E-state index contributed by atoms with van der Waals surface area (Å²) in [6, 6.07) is 0.690. The van der Waals surface area contributed by atoms with E-state index < -0.39 is 26.9 Å². The third-order valence-electron chi connectivity index (χ3n) is 2.40. The van der Waals surface area contributed by atoms with Gasteiger partial charge in [0.15, 0.2) is 8.32 Å². The lowest BCUT2D eigenvalue weighted by atomic mass is 10.4. The monoisotopic (exact) mass is 350 g/mol. The third kappa shape index (κ3) is 9.38. The Hall–Kier alpha value is -0.259. The van der Waals surface area contributed by atoms with E-state index in [0.717, 1.165) is 0 Å². The Kier molecular flexibility index (Phi) is 9.58. The van der Waals surface area contributed by atoms with E-state index >= 15 is 0 Å². The van der Waals surface area contributed by atoms with Gasteiger partial charge in [-0.3, -0.25) is 0 Å². The maximum Gasteiger partial charge on any atom is 0.479 e. The van der Waals surface area contributed by atoms with Gasteiger partial charge in [0.05, 0.1) is 6.61 Å². The molecule has 0 aliphatic heterocycles. The Labute approximate surface area is 133 Å². The Bertz CT molecular complexity index is 335. The van der Waals surface area contributed by atoms with Crippen LogP contribution in [0, 0.1) is 0 Å². The molecule has 0 fully saturated rings. The van der Waals surface area contributed by atoms with Crippen molar-refractivity contribution in [1.29, 1.82) is 0 Å². The summed E-state index contributed by atoms with van der Waals surface area (Å²) in [5.41, 5.74) is 0.416. The SMILES string of the molecule is C=C(C)C(=O)OCCC[Si](OCC)(O[SiH2]C)O[Si](C)(C)C. The lowest BCUT2D eigenvalue weighted by Gasteiger charge is -2.35. The van der Waals surface area contributed by atoms with Gasteiger partial charge in [-0.15, -0.1) is 0 Å². The van der Waals surface area contributed by atoms with E-state index in [2.05, 4.69) is 32.8 Å². The standard InChI is InChI=1S/C13H30O5Si3/c1-8-16-21(17-19-4,18-20(5,6)7)11-9-10-15-13(14)12(2)3/h2,8-11,19H2,1,3-7H3. The number of esters is 1. The first-order valence-electron chi connectivity index (χ1n) is 7.46. The van der Waals surface area contributed by atoms with Crippen molar-refractivity contribution < 1.29 is 22.2 Å². The van der Waals surface area contributed by atoms with Crippen LogP contribution in [0.25, 0.3) is 0 Å². The average molecular weight is 351 g/mol. The fourth-order valence-corrected chi connectivity index (χ4v) is 10.8. The summed E-state index contributed by atoms with van der Waals surface area (Å²) in [6.45, 7) is 16.6. The van der Waals surface area contributed by atoms with Crippen LogP contribution >= 0.6 is 0 Å². The van der Waals surface area contributed by atoms with Gasteiger partial charge < -0.3 is 17.4 Å². The second kappa shape index (κ2) is 9.70. The van der Waals surface area contributed by atoms with Gasteiger partial charge in [0.1, 0.15) is 9.76 Å². The molecular formula is C13H30O5Si3. The number of carbonyl (C=O) groups is 1. The van der Waals surface area contributed by atoms with Gasteiger partial charge in [-0.25, -0.2) is 4.79 Å². The molecule has 0 aliphatic rings. The molecule has 0 saturated heterocycles. The normalized spacial score (nSPS) is 15.1. The highest BCUT2D eigenvalue weighted by atomic mass is 28.5. The number of rotatable bonds is 11. The van der Waals surface area contributed by atoms with Gasteiger partial charge in [0, 0.05) is 18.2 Å². The molecule has 0 rings (SSSR count). The molecule has 0 bridgehead atoms. The van der Waals surface area contributed by atoms with Crippen molar-refractivity contribution in [1.82, 2.24) is 0 Å². The van der Waals surface area contributed by atoms with Crippen molar-refractivity contribution in [3.05, 3.63) is 12.2 Å². The maximum atomic E-state index is 11.4. The smallest absolute Gasteiger partial charge is 0.462 e. The summed E-state index contributed by atoms with van der Waals surface area (Å²) in [5, 5.41) is 0. The van der Waals surface area contributed by atoms with Gasteiger partial charge >= 0.3 is 14.8 Å². The molecule has 0 N–H and O–H groups in total. The van der Waals surface area contributed by atoms with Gasteiger partial charge in [0.25, 0.3) is 0 Å². The molecule has 0 heterocycles. The molecule has 8 heteroatoms. The lowest BCUT2D eigenvalue weighted by molar-refractivity contribution is -0.139. The van der Waals surface area contributed by atoms with Crippen molar-refractivity contribution in [2.75, 3.05) is 13.2 Å². The van der Waals surface area contributed by atoms with E-state index in [1.807, 2.05) is 6.92 Å². The van der Waals surface area contributed by atoms with Gasteiger partial charge in [0.2, 0.25) is 0 Å². The molecule has 0 spiro atoms. The summed E-state index contributed by atoms with van der Waals surface area (Å²) in [7, 11) is -5.01. The van der Waals surface area contributed by atoms with Gasteiger partial charge in [-0.2, -0.15) is 0 Å². The molecule has 0 aromatic rings. The summed E-state index contributed by atoms with van der Waals surface area (Å²) in [4.78, 5) is 11.4. The molecule has 21 heavy (non-hydrogen) atoms. The number of carbonyl (C=O) groups excluding carboxylic acids is 1. The molecule has 5 nitrogen and oxygen atoms in total. The van der Waals surface area contributed by atoms with E-state index in [-0.39, 0.29) is 5.97 Å². The minimum atomic E-state index is -2.62. The zero-order valence-corrected chi connectivity index (χ0v) is 17.7. The summed E-state index contributed by atoms with van der Waals surface area (Å²) in [6.07, 6.45) is 0.685. The first-order valence-corrected chi connectivity index (χ1v) is 14.8. The van der Waals surface area contributed by atoms with Crippen LogP contribution < -0.4 is 0 Å². The molecule has 1 unspecified atom stereocenters. The van der Waals surface area contributed by atoms with E-state index in [4.69, 9.17) is 17.4 Å². The van der Waals surface area contributed by atoms with E-state index in [1.54, 1.807) is 6.92 Å². The van der Waals surface area contributed by atoms with Crippen molar-refractivity contribution in [2.45, 2.75) is 52.5 Å². The minimum Gasteiger partial charge on any atom is -0.462 e. The highest BCUT2D eigenvalue weighted by Crippen LogP contribution is 2.22. The Morgan fingerprint density at radius 2 is 1.90 bits per heavy atom. The fraction of sp³-hybridized carbons (Fsp3) is 0.769. The molecule has 0 saturated carbocycles. The quantitative estimate of drug-likeness (QED) is 0.248. The van der Waals surface area contributed by atoms with Crippen molar-refractivity contribution >= 4 is 32.9 Å². The highest BCUT2D eigenvalue weighted by molar-refractivity contribution is 6.81. The lowest BCUT2D eigenvalue weighted by Crippen LogP contribution is -2.53. The summed E-state index contributed by atoms with van der Waals surface area (Å²) >= 11 is 0. The maximum absolute atomic E-state index is 11.4. The molecule has 0 aromatic heterocycles. The Balaban J connectivity index is 4.58. The zero-order valence-electron chi connectivity index (χ0n) is 14.3. The number of ether oxygens (including phenoxy) is 1.